The third kappa shape index (κ3) is 3.78. The van der Waals surface area contributed by atoms with Crippen molar-refractivity contribution in [1.29, 1.82) is 0 Å². The van der Waals surface area contributed by atoms with Crippen LogP contribution in [0.5, 0.6) is 0 Å². The molecule has 1 aromatic carbocycles. The van der Waals surface area contributed by atoms with Crippen LogP contribution in [0.3, 0.4) is 0 Å². The third-order valence-corrected chi connectivity index (χ3v) is 3.64. The molecule has 0 bridgehead atoms. The SMILES string of the molecule is Cc1cc(C)n(-c2ccccc2CNc2ccc(C(F)(F)F)nn2)n1. The van der Waals surface area contributed by atoms with Crippen molar-refractivity contribution in [2.75, 3.05) is 5.32 Å². The van der Waals surface area contributed by atoms with E-state index in [1.807, 2.05) is 48.9 Å². The standard InChI is InChI=1S/C17H16F3N5/c1-11-9-12(2)25(24-11)14-6-4-3-5-13(14)10-21-16-8-7-15(22-23-16)17(18,19)20/h3-9H,10H2,1-2H3,(H,21,23). The lowest BCUT2D eigenvalue weighted by Crippen LogP contribution is -2.11. The number of hydrogen-bond acceptors (Lipinski definition) is 4. The fourth-order valence-corrected chi connectivity index (χ4v) is 2.50. The van der Waals surface area contributed by atoms with Crippen molar-refractivity contribution in [3.05, 3.63) is 65.1 Å². The monoisotopic (exact) mass is 347 g/mol. The van der Waals surface area contributed by atoms with Crippen LogP contribution in [0.4, 0.5) is 19.0 Å². The van der Waals surface area contributed by atoms with E-state index >= 15 is 0 Å². The van der Waals surface area contributed by atoms with Crippen molar-refractivity contribution >= 4 is 5.82 Å². The van der Waals surface area contributed by atoms with E-state index < -0.39 is 11.9 Å². The highest BCUT2D eigenvalue weighted by Crippen LogP contribution is 2.27. The van der Waals surface area contributed by atoms with Gasteiger partial charge in [0.05, 0.1) is 11.4 Å². The molecular weight excluding hydrogens is 331 g/mol. The predicted octanol–water partition coefficient (Wildman–Crippen LogP) is 3.91. The van der Waals surface area contributed by atoms with Gasteiger partial charge in [-0.15, -0.1) is 10.2 Å². The van der Waals surface area contributed by atoms with Gasteiger partial charge in [-0.1, -0.05) is 18.2 Å². The van der Waals surface area contributed by atoms with Gasteiger partial charge in [0, 0.05) is 12.2 Å². The second kappa shape index (κ2) is 6.54. The average Bonchev–Trinajstić information content (AvgIpc) is 2.91. The van der Waals surface area contributed by atoms with E-state index in [0.29, 0.717) is 6.54 Å². The number of nitrogens with zero attached hydrogens (tertiary/aromatic N) is 4. The molecule has 8 heteroatoms. The number of rotatable bonds is 4. The maximum absolute atomic E-state index is 12.5. The number of hydrogen-bond donors (Lipinski definition) is 1. The minimum absolute atomic E-state index is 0.274. The Morgan fingerprint density at radius 1 is 1.04 bits per heavy atom. The van der Waals surface area contributed by atoms with Gasteiger partial charge in [0.1, 0.15) is 5.82 Å². The summed E-state index contributed by atoms with van der Waals surface area (Å²) in [5, 5.41) is 14.3. The van der Waals surface area contributed by atoms with Gasteiger partial charge in [0.15, 0.2) is 5.69 Å². The Hall–Kier alpha value is -2.90. The summed E-state index contributed by atoms with van der Waals surface area (Å²) in [6.07, 6.45) is -4.49. The highest BCUT2D eigenvalue weighted by atomic mass is 19.4. The molecule has 0 saturated carbocycles. The molecule has 1 N–H and O–H groups in total. The molecule has 3 aromatic rings. The lowest BCUT2D eigenvalue weighted by Gasteiger charge is -2.12. The van der Waals surface area contributed by atoms with E-state index in [1.54, 1.807) is 0 Å². The molecule has 0 radical (unpaired) electrons. The van der Waals surface area contributed by atoms with Crippen molar-refractivity contribution in [3.63, 3.8) is 0 Å². The van der Waals surface area contributed by atoms with Crippen LogP contribution < -0.4 is 5.32 Å². The average molecular weight is 347 g/mol. The molecule has 25 heavy (non-hydrogen) atoms. The maximum atomic E-state index is 12.5. The van der Waals surface area contributed by atoms with Gasteiger partial charge in [-0.05, 0) is 43.7 Å². The summed E-state index contributed by atoms with van der Waals surface area (Å²) in [6, 6.07) is 11.8. The second-order valence-corrected chi connectivity index (χ2v) is 5.62. The van der Waals surface area contributed by atoms with E-state index in [1.165, 1.54) is 6.07 Å². The van der Waals surface area contributed by atoms with Crippen molar-refractivity contribution in [3.8, 4) is 5.69 Å². The molecule has 5 nitrogen and oxygen atoms in total. The van der Waals surface area contributed by atoms with Crippen molar-refractivity contribution < 1.29 is 13.2 Å². The highest BCUT2D eigenvalue weighted by molar-refractivity contribution is 5.44. The Labute approximate surface area is 142 Å². The van der Waals surface area contributed by atoms with E-state index in [9.17, 15) is 13.2 Å². The summed E-state index contributed by atoms with van der Waals surface area (Å²) in [5.41, 5.74) is 2.74. The summed E-state index contributed by atoms with van der Waals surface area (Å²) < 4.78 is 39.4. The molecule has 0 amide bonds. The molecule has 0 aliphatic carbocycles. The Bertz CT molecular complexity index is 869. The number of para-hydroxylation sites is 1. The van der Waals surface area contributed by atoms with Crippen LogP contribution >= 0.6 is 0 Å². The van der Waals surface area contributed by atoms with Crippen LogP contribution in [-0.4, -0.2) is 20.0 Å². The largest absolute Gasteiger partial charge is 0.435 e. The van der Waals surface area contributed by atoms with Crippen LogP contribution in [0.15, 0.2) is 42.5 Å². The van der Waals surface area contributed by atoms with Gasteiger partial charge in [0.25, 0.3) is 0 Å². The second-order valence-electron chi connectivity index (χ2n) is 5.62. The van der Waals surface area contributed by atoms with Gasteiger partial charge in [-0.3, -0.25) is 0 Å². The minimum Gasteiger partial charge on any atom is -0.364 e. The Balaban J connectivity index is 1.79. The number of halogens is 3. The summed E-state index contributed by atoms with van der Waals surface area (Å²) in [7, 11) is 0. The van der Waals surface area contributed by atoms with Crippen LogP contribution in [-0.2, 0) is 12.7 Å². The summed E-state index contributed by atoms with van der Waals surface area (Å²) >= 11 is 0. The van der Waals surface area contributed by atoms with Crippen molar-refractivity contribution in [2.45, 2.75) is 26.6 Å². The van der Waals surface area contributed by atoms with Gasteiger partial charge >= 0.3 is 6.18 Å². The molecule has 0 unspecified atom stereocenters. The number of nitrogens with one attached hydrogen (secondary N) is 1. The summed E-state index contributed by atoms with van der Waals surface area (Å²) in [5.74, 6) is 0.274. The zero-order valence-electron chi connectivity index (χ0n) is 13.7. The molecule has 2 heterocycles. The normalized spacial score (nSPS) is 11.6. The van der Waals surface area contributed by atoms with Gasteiger partial charge in [0.2, 0.25) is 0 Å². The number of anilines is 1. The molecule has 0 atom stereocenters. The highest BCUT2D eigenvalue weighted by Gasteiger charge is 2.32. The lowest BCUT2D eigenvalue weighted by molar-refractivity contribution is -0.141. The van der Waals surface area contributed by atoms with E-state index in [2.05, 4.69) is 20.6 Å². The zero-order chi connectivity index (χ0) is 18.0. The molecule has 0 spiro atoms. The van der Waals surface area contributed by atoms with Crippen LogP contribution in [0.2, 0.25) is 0 Å². The molecular formula is C17H16F3N5. The summed E-state index contributed by atoms with van der Waals surface area (Å²) in [6.45, 7) is 4.27. The van der Waals surface area contributed by atoms with E-state index in [-0.39, 0.29) is 5.82 Å². The van der Waals surface area contributed by atoms with Crippen LogP contribution in [0, 0.1) is 13.8 Å². The predicted molar refractivity (Wildman–Crippen MR) is 87.4 cm³/mol. The van der Waals surface area contributed by atoms with Gasteiger partial charge < -0.3 is 5.32 Å². The molecule has 0 saturated heterocycles. The first-order chi connectivity index (χ1) is 11.8. The number of alkyl halides is 3. The molecule has 2 aromatic heterocycles. The first-order valence-electron chi connectivity index (χ1n) is 7.61. The fourth-order valence-electron chi connectivity index (χ4n) is 2.50. The fraction of sp³-hybridized carbons (Fsp3) is 0.235. The van der Waals surface area contributed by atoms with Gasteiger partial charge in [-0.2, -0.15) is 18.3 Å². The molecule has 130 valence electrons. The van der Waals surface area contributed by atoms with E-state index in [4.69, 9.17) is 0 Å². The Kier molecular flexibility index (Phi) is 4.43. The molecule has 0 aliphatic heterocycles. The third-order valence-electron chi connectivity index (χ3n) is 3.64. The first kappa shape index (κ1) is 16.9. The molecule has 3 rings (SSSR count). The minimum atomic E-state index is -4.49. The van der Waals surface area contributed by atoms with Crippen molar-refractivity contribution in [1.82, 2.24) is 20.0 Å². The van der Waals surface area contributed by atoms with Crippen molar-refractivity contribution in [2.24, 2.45) is 0 Å². The lowest BCUT2D eigenvalue weighted by atomic mass is 10.1. The van der Waals surface area contributed by atoms with E-state index in [0.717, 1.165) is 28.7 Å². The summed E-state index contributed by atoms with van der Waals surface area (Å²) in [4.78, 5) is 0. The van der Waals surface area contributed by atoms with Crippen LogP contribution in [0.25, 0.3) is 5.69 Å². The molecule has 0 fully saturated rings. The van der Waals surface area contributed by atoms with Gasteiger partial charge in [-0.25, -0.2) is 4.68 Å². The number of aromatic nitrogens is 4. The van der Waals surface area contributed by atoms with Crippen LogP contribution in [0.1, 0.15) is 22.6 Å². The maximum Gasteiger partial charge on any atom is 0.435 e. The topological polar surface area (TPSA) is 55.6 Å². The smallest absolute Gasteiger partial charge is 0.364 e. The Morgan fingerprint density at radius 2 is 1.80 bits per heavy atom. The number of benzene rings is 1. The zero-order valence-corrected chi connectivity index (χ0v) is 13.7. The number of aryl methyl sites for hydroxylation is 2. The first-order valence-corrected chi connectivity index (χ1v) is 7.61. The molecule has 0 aliphatic rings. The Morgan fingerprint density at radius 3 is 2.40 bits per heavy atom. The quantitative estimate of drug-likeness (QED) is 0.777.